The second-order valence-corrected chi connectivity index (χ2v) is 8.95. The van der Waals surface area contributed by atoms with Crippen molar-refractivity contribution >= 4 is 11.8 Å². The molecule has 2 amide bonds. The van der Waals surface area contributed by atoms with Gasteiger partial charge in [0, 0.05) is 51.9 Å². The quantitative estimate of drug-likeness (QED) is 0.669. The number of carbonyl (C=O) groups is 2. The van der Waals surface area contributed by atoms with E-state index in [-0.39, 0.29) is 18.4 Å². The third-order valence-electron chi connectivity index (χ3n) is 6.41. The highest BCUT2D eigenvalue weighted by molar-refractivity contribution is 5.92. The fraction of sp³-hybridized carbons (Fsp3) is 0.500. The summed E-state index contributed by atoms with van der Waals surface area (Å²) in [5.41, 5.74) is 5.11. The molecular formula is C24H31N5O3. The van der Waals surface area contributed by atoms with Gasteiger partial charge in [-0.1, -0.05) is 18.2 Å². The summed E-state index contributed by atoms with van der Waals surface area (Å²) in [6.07, 6.45) is 2.43. The lowest BCUT2D eigenvalue weighted by Gasteiger charge is -2.38. The number of hydrogen-bond acceptors (Lipinski definition) is 6. The van der Waals surface area contributed by atoms with Gasteiger partial charge in [0.05, 0.1) is 6.10 Å². The van der Waals surface area contributed by atoms with Gasteiger partial charge in [-0.15, -0.1) is 0 Å². The van der Waals surface area contributed by atoms with Gasteiger partial charge in [0.15, 0.2) is 0 Å². The van der Waals surface area contributed by atoms with Gasteiger partial charge in [-0.25, -0.2) is 9.97 Å². The van der Waals surface area contributed by atoms with E-state index in [0.717, 1.165) is 38.3 Å². The van der Waals surface area contributed by atoms with Crippen LogP contribution in [-0.2, 0) is 24.2 Å². The van der Waals surface area contributed by atoms with Gasteiger partial charge in [0.25, 0.3) is 5.91 Å². The largest absolute Gasteiger partial charge is 0.390 e. The number of likely N-dealkylation sites (tertiary alicyclic amines) is 1. The van der Waals surface area contributed by atoms with E-state index in [1.165, 1.54) is 23.0 Å². The van der Waals surface area contributed by atoms with E-state index in [2.05, 4.69) is 45.3 Å². The standard InChI is InChI=1S/C24H31N5O3/c1-16-4-3-5-19-6-7-28(14-22(16)19)13-21(31)10-25-24(32)23-9-20(26-15-27-23)8-18-11-29(12-18)17(2)30/h3-5,9,15,18,21,31H,6-8,10-14H2,1-2H3,(H,25,32)/t21-/m0/s1. The summed E-state index contributed by atoms with van der Waals surface area (Å²) in [6, 6.07) is 8.10. The van der Waals surface area contributed by atoms with Crippen LogP contribution in [0.1, 0.15) is 39.8 Å². The molecule has 0 unspecified atom stereocenters. The first-order valence-corrected chi connectivity index (χ1v) is 11.2. The SMILES string of the molecule is CC(=O)N1CC(Cc2cc(C(=O)NC[C@H](O)CN3CCc4cccc(C)c4C3)ncn2)C1. The Hall–Kier alpha value is -2.84. The van der Waals surface area contributed by atoms with Crippen molar-refractivity contribution in [2.45, 2.75) is 39.3 Å². The Morgan fingerprint density at radius 3 is 2.88 bits per heavy atom. The fourth-order valence-electron chi connectivity index (χ4n) is 4.51. The summed E-state index contributed by atoms with van der Waals surface area (Å²) in [6.45, 7) is 7.57. The van der Waals surface area contributed by atoms with Crippen molar-refractivity contribution in [1.29, 1.82) is 0 Å². The van der Waals surface area contributed by atoms with Crippen molar-refractivity contribution in [3.63, 3.8) is 0 Å². The molecule has 0 bridgehead atoms. The molecule has 0 aliphatic carbocycles. The van der Waals surface area contributed by atoms with Crippen molar-refractivity contribution in [2.24, 2.45) is 5.92 Å². The van der Waals surface area contributed by atoms with Crippen LogP contribution >= 0.6 is 0 Å². The number of rotatable bonds is 7. The molecule has 2 aromatic rings. The molecule has 4 rings (SSSR count). The molecule has 1 atom stereocenters. The van der Waals surface area contributed by atoms with Gasteiger partial charge in [-0.3, -0.25) is 14.5 Å². The van der Waals surface area contributed by atoms with Gasteiger partial charge in [-0.05, 0) is 48.4 Å². The molecule has 0 spiro atoms. The maximum absolute atomic E-state index is 12.5. The van der Waals surface area contributed by atoms with Crippen LogP contribution in [0.25, 0.3) is 0 Å². The monoisotopic (exact) mass is 437 g/mol. The Labute approximate surface area is 188 Å². The zero-order chi connectivity index (χ0) is 22.7. The molecule has 2 aliphatic rings. The van der Waals surface area contributed by atoms with Crippen LogP contribution in [0.15, 0.2) is 30.6 Å². The predicted molar refractivity (Wildman–Crippen MR) is 120 cm³/mol. The molecule has 0 saturated carbocycles. The summed E-state index contributed by atoms with van der Waals surface area (Å²) in [7, 11) is 0. The highest BCUT2D eigenvalue weighted by Gasteiger charge is 2.29. The summed E-state index contributed by atoms with van der Waals surface area (Å²) in [5.74, 6) is 0.141. The normalized spacial score (nSPS) is 17.4. The fourth-order valence-corrected chi connectivity index (χ4v) is 4.51. The lowest BCUT2D eigenvalue weighted by molar-refractivity contribution is -0.134. The zero-order valence-electron chi connectivity index (χ0n) is 18.8. The molecule has 1 fully saturated rings. The molecule has 8 heteroatoms. The lowest BCUT2D eigenvalue weighted by atomic mass is 9.94. The van der Waals surface area contributed by atoms with Crippen molar-refractivity contribution in [3.05, 3.63) is 58.7 Å². The third-order valence-corrected chi connectivity index (χ3v) is 6.41. The molecule has 1 saturated heterocycles. The van der Waals surface area contributed by atoms with E-state index in [1.807, 2.05) is 0 Å². The predicted octanol–water partition coefficient (Wildman–Crippen LogP) is 0.955. The lowest BCUT2D eigenvalue weighted by Crippen LogP contribution is -2.49. The van der Waals surface area contributed by atoms with Gasteiger partial charge in [-0.2, -0.15) is 0 Å². The maximum Gasteiger partial charge on any atom is 0.270 e. The summed E-state index contributed by atoms with van der Waals surface area (Å²) >= 11 is 0. The number of nitrogens with zero attached hydrogens (tertiary/aromatic N) is 4. The molecular weight excluding hydrogens is 406 g/mol. The number of aliphatic hydroxyl groups is 1. The van der Waals surface area contributed by atoms with Gasteiger partial charge in [0.1, 0.15) is 12.0 Å². The molecule has 170 valence electrons. The zero-order valence-corrected chi connectivity index (χ0v) is 18.8. The number of amides is 2. The van der Waals surface area contributed by atoms with Crippen LogP contribution in [0.4, 0.5) is 0 Å². The Balaban J connectivity index is 1.24. The van der Waals surface area contributed by atoms with Crippen molar-refractivity contribution in [2.75, 3.05) is 32.7 Å². The summed E-state index contributed by atoms with van der Waals surface area (Å²) < 4.78 is 0. The second-order valence-electron chi connectivity index (χ2n) is 8.95. The molecule has 8 nitrogen and oxygen atoms in total. The number of carbonyl (C=O) groups excluding carboxylic acids is 2. The molecule has 1 aromatic carbocycles. The van der Waals surface area contributed by atoms with E-state index < -0.39 is 6.10 Å². The van der Waals surface area contributed by atoms with Crippen LogP contribution < -0.4 is 5.32 Å². The minimum atomic E-state index is -0.654. The molecule has 0 radical (unpaired) electrons. The average molecular weight is 438 g/mol. The highest BCUT2D eigenvalue weighted by atomic mass is 16.3. The number of aliphatic hydroxyl groups excluding tert-OH is 1. The van der Waals surface area contributed by atoms with Crippen LogP contribution in [0, 0.1) is 12.8 Å². The first kappa shape index (κ1) is 22.4. The maximum atomic E-state index is 12.5. The highest BCUT2D eigenvalue weighted by Crippen LogP contribution is 2.22. The van der Waals surface area contributed by atoms with Gasteiger partial charge < -0.3 is 15.3 Å². The second kappa shape index (κ2) is 9.75. The first-order valence-electron chi connectivity index (χ1n) is 11.2. The third kappa shape index (κ3) is 5.31. The van der Waals surface area contributed by atoms with Gasteiger partial charge in [0.2, 0.25) is 5.91 Å². The Morgan fingerprint density at radius 1 is 1.28 bits per heavy atom. The topological polar surface area (TPSA) is 98.7 Å². The molecule has 32 heavy (non-hydrogen) atoms. The molecule has 2 aliphatic heterocycles. The number of benzene rings is 1. The van der Waals surface area contributed by atoms with Crippen molar-refractivity contribution in [1.82, 2.24) is 25.1 Å². The van der Waals surface area contributed by atoms with E-state index >= 15 is 0 Å². The van der Waals surface area contributed by atoms with E-state index in [9.17, 15) is 14.7 Å². The van der Waals surface area contributed by atoms with E-state index in [0.29, 0.717) is 24.6 Å². The summed E-state index contributed by atoms with van der Waals surface area (Å²) in [4.78, 5) is 36.2. The van der Waals surface area contributed by atoms with Crippen molar-refractivity contribution in [3.8, 4) is 0 Å². The van der Waals surface area contributed by atoms with E-state index in [1.54, 1.807) is 17.9 Å². The van der Waals surface area contributed by atoms with Crippen LogP contribution in [0.5, 0.6) is 0 Å². The number of β-amino-alcohol motifs (C(OH)–C–C–N with tert-alkyl or cyclic N) is 1. The van der Waals surface area contributed by atoms with Crippen LogP contribution in [0.2, 0.25) is 0 Å². The Morgan fingerprint density at radius 2 is 2.09 bits per heavy atom. The smallest absolute Gasteiger partial charge is 0.270 e. The number of nitrogens with one attached hydrogen (secondary N) is 1. The molecule has 1 aromatic heterocycles. The summed E-state index contributed by atoms with van der Waals surface area (Å²) in [5, 5.41) is 13.3. The Bertz CT molecular complexity index is 989. The minimum Gasteiger partial charge on any atom is -0.390 e. The first-order chi connectivity index (χ1) is 15.4. The van der Waals surface area contributed by atoms with Crippen molar-refractivity contribution < 1.29 is 14.7 Å². The van der Waals surface area contributed by atoms with Crippen LogP contribution in [0.3, 0.4) is 0 Å². The average Bonchev–Trinajstić information content (AvgIpc) is 2.75. The molecule has 3 heterocycles. The van der Waals surface area contributed by atoms with E-state index in [4.69, 9.17) is 0 Å². The van der Waals surface area contributed by atoms with Crippen LogP contribution in [-0.4, -0.2) is 75.5 Å². The minimum absolute atomic E-state index is 0.0893. The number of hydrogen-bond donors (Lipinski definition) is 2. The molecule has 2 N–H and O–H groups in total. The number of fused-ring (bicyclic) bond motifs is 1. The number of aryl methyl sites for hydroxylation is 1. The number of aromatic nitrogens is 2. The Kier molecular flexibility index (Phi) is 6.81. The van der Waals surface area contributed by atoms with Gasteiger partial charge >= 0.3 is 0 Å².